The predicted octanol–water partition coefficient (Wildman–Crippen LogP) is 4.42. The average molecular weight is 329 g/mol. The van der Waals surface area contributed by atoms with E-state index < -0.39 is 6.10 Å². The molecule has 0 aliphatic heterocycles. The number of carbonyl (C=O) groups is 1. The molecular formula is C20H24FNO2. The van der Waals surface area contributed by atoms with E-state index in [4.69, 9.17) is 4.74 Å². The van der Waals surface area contributed by atoms with Crippen LogP contribution in [0.15, 0.2) is 48.5 Å². The number of rotatable bonds is 7. The van der Waals surface area contributed by atoms with Gasteiger partial charge < -0.3 is 10.1 Å². The van der Waals surface area contributed by atoms with Crippen LogP contribution in [-0.4, -0.2) is 12.0 Å². The molecule has 0 heterocycles. The van der Waals surface area contributed by atoms with Crippen LogP contribution in [0.1, 0.15) is 44.4 Å². The van der Waals surface area contributed by atoms with Gasteiger partial charge in [0.05, 0.1) is 6.04 Å². The first-order chi connectivity index (χ1) is 11.5. The van der Waals surface area contributed by atoms with Crippen LogP contribution in [0.4, 0.5) is 4.39 Å². The quantitative estimate of drug-likeness (QED) is 0.816. The fraction of sp³-hybridized carbons (Fsp3) is 0.350. The van der Waals surface area contributed by atoms with Crippen molar-refractivity contribution in [3.63, 3.8) is 0 Å². The van der Waals surface area contributed by atoms with E-state index in [9.17, 15) is 9.18 Å². The van der Waals surface area contributed by atoms with E-state index in [0.29, 0.717) is 12.2 Å². The highest BCUT2D eigenvalue weighted by atomic mass is 19.1. The van der Waals surface area contributed by atoms with Gasteiger partial charge >= 0.3 is 0 Å². The molecule has 2 atom stereocenters. The molecule has 0 aliphatic carbocycles. The van der Waals surface area contributed by atoms with Gasteiger partial charge in [0, 0.05) is 0 Å². The number of hydrogen-bond donors (Lipinski definition) is 1. The minimum absolute atomic E-state index is 0.172. The van der Waals surface area contributed by atoms with E-state index in [1.165, 1.54) is 17.7 Å². The van der Waals surface area contributed by atoms with Crippen molar-refractivity contribution < 1.29 is 13.9 Å². The fourth-order valence-corrected chi connectivity index (χ4v) is 2.43. The summed E-state index contributed by atoms with van der Waals surface area (Å²) in [4.78, 5) is 12.4. The van der Waals surface area contributed by atoms with E-state index in [2.05, 4.69) is 12.2 Å². The van der Waals surface area contributed by atoms with E-state index in [0.717, 1.165) is 12.0 Å². The lowest BCUT2D eigenvalue weighted by Gasteiger charge is -2.21. The van der Waals surface area contributed by atoms with E-state index >= 15 is 0 Å². The molecule has 2 aromatic rings. The molecule has 2 rings (SSSR count). The zero-order valence-electron chi connectivity index (χ0n) is 14.4. The third-order valence-electron chi connectivity index (χ3n) is 4.00. The van der Waals surface area contributed by atoms with Gasteiger partial charge in [-0.2, -0.15) is 0 Å². The van der Waals surface area contributed by atoms with Crippen molar-refractivity contribution in [2.75, 3.05) is 0 Å². The Labute approximate surface area is 142 Å². The fourth-order valence-electron chi connectivity index (χ4n) is 2.43. The Morgan fingerprint density at radius 1 is 1.08 bits per heavy atom. The molecule has 128 valence electrons. The van der Waals surface area contributed by atoms with Crippen molar-refractivity contribution in [2.45, 2.75) is 45.8 Å². The standard InChI is InChI=1S/C20H24FNO2/c1-4-15-6-12-18(13-7-15)24-19(5-2)20(23)22-14(3)16-8-10-17(21)11-9-16/h6-14,19H,4-5H2,1-3H3,(H,22,23)/t14-,19+/m0/s1. The van der Waals surface area contributed by atoms with Crippen LogP contribution in [-0.2, 0) is 11.2 Å². The SMILES string of the molecule is CCc1ccc(O[C@H](CC)C(=O)N[C@@H](C)c2ccc(F)cc2)cc1. The molecule has 0 spiro atoms. The normalized spacial score (nSPS) is 13.2. The molecule has 24 heavy (non-hydrogen) atoms. The van der Waals surface area contributed by atoms with E-state index in [1.54, 1.807) is 12.1 Å². The van der Waals surface area contributed by atoms with Crippen LogP contribution in [0.5, 0.6) is 5.75 Å². The molecule has 3 nitrogen and oxygen atoms in total. The summed E-state index contributed by atoms with van der Waals surface area (Å²) < 4.78 is 18.8. The van der Waals surface area contributed by atoms with Gasteiger partial charge in [-0.1, -0.05) is 38.1 Å². The summed E-state index contributed by atoms with van der Waals surface area (Å²) in [5.41, 5.74) is 2.08. The van der Waals surface area contributed by atoms with Crippen LogP contribution < -0.4 is 10.1 Å². The monoisotopic (exact) mass is 329 g/mol. The molecular weight excluding hydrogens is 305 g/mol. The molecule has 4 heteroatoms. The topological polar surface area (TPSA) is 38.3 Å². The highest BCUT2D eigenvalue weighted by Crippen LogP contribution is 2.17. The molecule has 2 aromatic carbocycles. The van der Waals surface area contributed by atoms with Crippen LogP contribution >= 0.6 is 0 Å². The summed E-state index contributed by atoms with van der Waals surface area (Å²) in [6.07, 6.45) is 0.977. The lowest BCUT2D eigenvalue weighted by molar-refractivity contribution is -0.128. The first-order valence-electron chi connectivity index (χ1n) is 8.35. The number of halogens is 1. The second kappa shape index (κ2) is 8.48. The molecule has 1 amide bonds. The number of aryl methyl sites for hydroxylation is 1. The maximum Gasteiger partial charge on any atom is 0.261 e. The van der Waals surface area contributed by atoms with Crippen LogP contribution in [0.25, 0.3) is 0 Å². The molecule has 0 saturated carbocycles. The number of benzene rings is 2. The third-order valence-corrected chi connectivity index (χ3v) is 4.00. The Kier molecular flexibility index (Phi) is 6.36. The van der Waals surface area contributed by atoms with Crippen LogP contribution in [0.3, 0.4) is 0 Å². The Morgan fingerprint density at radius 2 is 1.71 bits per heavy atom. The van der Waals surface area contributed by atoms with Crippen molar-refractivity contribution in [1.82, 2.24) is 5.32 Å². The van der Waals surface area contributed by atoms with Gasteiger partial charge in [-0.3, -0.25) is 4.79 Å². The predicted molar refractivity (Wildman–Crippen MR) is 93.5 cm³/mol. The molecule has 1 N–H and O–H groups in total. The largest absolute Gasteiger partial charge is 0.481 e. The summed E-state index contributed by atoms with van der Waals surface area (Å²) in [7, 11) is 0. The van der Waals surface area contributed by atoms with Gasteiger partial charge in [0.1, 0.15) is 11.6 Å². The van der Waals surface area contributed by atoms with Gasteiger partial charge in [0.25, 0.3) is 5.91 Å². The Hall–Kier alpha value is -2.36. The maximum atomic E-state index is 13.0. The smallest absolute Gasteiger partial charge is 0.261 e. The molecule has 0 fully saturated rings. The Bertz CT molecular complexity index is 652. The van der Waals surface area contributed by atoms with Gasteiger partial charge in [-0.15, -0.1) is 0 Å². The first-order valence-corrected chi connectivity index (χ1v) is 8.35. The highest BCUT2D eigenvalue weighted by molar-refractivity contribution is 5.81. The molecule has 0 radical (unpaired) electrons. The Morgan fingerprint density at radius 3 is 2.25 bits per heavy atom. The third kappa shape index (κ3) is 4.82. The molecule has 0 saturated heterocycles. The first kappa shape index (κ1) is 18.0. The zero-order valence-corrected chi connectivity index (χ0v) is 14.4. The zero-order chi connectivity index (χ0) is 17.5. The van der Waals surface area contributed by atoms with Crippen LogP contribution in [0.2, 0.25) is 0 Å². The van der Waals surface area contributed by atoms with E-state index in [-0.39, 0.29) is 17.8 Å². The molecule has 0 aromatic heterocycles. The summed E-state index contributed by atoms with van der Waals surface area (Å²) >= 11 is 0. The van der Waals surface area contributed by atoms with Crippen molar-refractivity contribution in [3.8, 4) is 5.75 Å². The van der Waals surface area contributed by atoms with Gasteiger partial charge in [-0.05, 0) is 55.2 Å². The minimum atomic E-state index is -0.555. The van der Waals surface area contributed by atoms with Crippen molar-refractivity contribution in [1.29, 1.82) is 0 Å². The summed E-state index contributed by atoms with van der Waals surface area (Å²) in [5, 5.41) is 2.92. The highest BCUT2D eigenvalue weighted by Gasteiger charge is 2.20. The molecule has 0 aliphatic rings. The minimum Gasteiger partial charge on any atom is -0.481 e. The maximum absolute atomic E-state index is 13.0. The summed E-state index contributed by atoms with van der Waals surface area (Å²) in [5.74, 6) is 0.222. The lowest BCUT2D eigenvalue weighted by atomic mass is 10.1. The lowest BCUT2D eigenvalue weighted by Crippen LogP contribution is -2.39. The van der Waals surface area contributed by atoms with Gasteiger partial charge in [0.15, 0.2) is 6.10 Å². The average Bonchev–Trinajstić information content (AvgIpc) is 2.60. The van der Waals surface area contributed by atoms with Crippen LogP contribution in [0, 0.1) is 5.82 Å². The summed E-state index contributed by atoms with van der Waals surface area (Å²) in [6.45, 7) is 5.87. The molecule has 0 unspecified atom stereocenters. The summed E-state index contributed by atoms with van der Waals surface area (Å²) in [6, 6.07) is 13.7. The second-order valence-electron chi connectivity index (χ2n) is 5.79. The van der Waals surface area contributed by atoms with Crippen molar-refractivity contribution in [2.24, 2.45) is 0 Å². The number of ether oxygens (including phenoxy) is 1. The Balaban J connectivity index is 1.98. The van der Waals surface area contributed by atoms with Gasteiger partial charge in [0.2, 0.25) is 0 Å². The van der Waals surface area contributed by atoms with E-state index in [1.807, 2.05) is 38.1 Å². The van der Waals surface area contributed by atoms with Crippen molar-refractivity contribution in [3.05, 3.63) is 65.5 Å². The second-order valence-corrected chi connectivity index (χ2v) is 5.79. The number of amides is 1. The number of hydrogen-bond acceptors (Lipinski definition) is 2. The molecule has 0 bridgehead atoms. The number of carbonyl (C=O) groups excluding carboxylic acids is 1. The number of nitrogens with one attached hydrogen (secondary N) is 1. The van der Waals surface area contributed by atoms with Crippen molar-refractivity contribution >= 4 is 5.91 Å². The van der Waals surface area contributed by atoms with Gasteiger partial charge in [-0.25, -0.2) is 4.39 Å².